The number of allylic oxidation sites excluding steroid dienone is 1. The second-order valence-electron chi connectivity index (χ2n) is 6.53. The molecule has 1 spiro atoms. The zero-order valence-electron chi connectivity index (χ0n) is 16.2. The Hall–Kier alpha value is -3.41. The third-order valence-electron chi connectivity index (χ3n) is 5.03. The summed E-state index contributed by atoms with van der Waals surface area (Å²) in [5.41, 5.74) is 0.950. The predicted octanol–water partition coefficient (Wildman–Crippen LogP) is 3.51. The Morgan fingerprint density at radius 1 is 1.04 bits per heavy atom. The van der Waals surface area contributed by atoms with Crippen LogP contribution in [0.5, 0.6) is 17.2 Å². The molecule has 1 amide bonds. The molecule has 0 N–H and O–H groups in total. The van der Waals surface area contributed by atoms with Gasteiger partial charge >= 0.3 is 0 Å². The number of rotatable bonds is 4. The van der Waals surface area contributed by atoms with E-state index in [2.05, 4.69) is 0 Å². The molecule has 0 fully saturated rings. The first kappa shape index (κ1) is 18.0. The summed E-state index contributed by atoms with van der Waals surface area (Å²) in [6.45, 7) is 0. The molecule has 0 saturated carbocycles. The number of ether oxygens (including phenoxy) is 4. The SMILES string of the molecule is COc1cc2c(c(OC)c1OC)C1(C=C/C(=C\c3ccccc3)O1)C(=O)N2C. The normalized spacial score (nSPS) is 21.2. The fourth-order valence-electron chi connectivity index (χ4n) is 3.73. The second-order valence-corrected chi connectivity index (χ2v) is 6.53. The van der Waals surface area contributed by atoms with Gasteiger partial charge in [0.15, 0.2) is 11.5 Å². The molecule has 0 saturated heterocycles. The summed E-state index contributed by atoms with van der Waals surface area (Å²) in [4.78, 5) is 14.8. The molecule has 0 bridgehead atoms. The Balaban J connectivity index is 1.87. The highest BCUT2D eigenvalue weighted by Crippen LogP contribution is 2.56. The first-order valence-corrected chi connectivity index (χ1v) is 8.82. The van der Waals surface area contributed by atoms with E-state index in [4.69, 9.17) is 18.9 Å². The molecule has 1 unspecified atom stereocenters. The van der Waals surface area contributed by atoms with Crippen molar-refractivity contribution in [3.8, 4) is 17.2 Å². The topological polar surface area (TPSA) is 57.2 Å². The van der Waals surface area contributed by atoms with Gasteiger partial charge < -0.3 is 23.8 Å². The number of nitrogens with zero attached hydrogens (tertiary/aromatic N) is 1. The molecular formula is C22H21NO5. The van der Waals surface area contributed by atoms with Crippen LogP contribution in [-0.2, 0) is 15.1 Å². The van der Waals surface area contributed by atoms with Gasteiger partial charge in [0.2, 0.25) is 11.4 Å². The van der Waals surface area contributed by atoms with Crippen LogP contribution >= 0.6 is 0 Å². The number of likely N-dealkylation sites (N-methyl/N-ethyl adjacent to an activating group) is 1. The van der Waals surface area contributed by atoms with E-state index in [0.29, 0.717) is 34.3 Å². The lowest BCUT2D eigenvalue weighted by Gasteiger charge is -2.24. The number of anilines is 1. The van der Waals surface area contributed by atoms with E-state index in [0.717, 1.165) is 5.56 Å². The van der Waals surface area contributed by atoms with Crippen molar-refractivity contribution < 1.29 is 23.7 Å². The van der Waals surface area contributed by atoms with Gasteiger partial charge in [0.1, 0.15) is 5.76 Å². The van der Waals surface area contributed by atoms with E-state index in [1.54, 1.807) is 31.2 Å². The van der Waals surface area contributed by atoms with Crippen molar-refractivity contribution in [1.29, 1.82) is 0 Å². The Morgan fingerprint density at radius 2 is 1.75 bits per heavy atom. The first-order chi connectivity index (χ1) is 13.6. The van der Waals surface area contributed by atoms with E-state index in [1.807, 2.05) is 42.5 Å². The third-order valence-corrected chi connectivity index (χ3v) is 5.03. The number of fused-ring (bicyclic) bond motifs is 2. The Morgan fingerprint density at radius 3 is 2.39 bits per heavy atom. The van der Waals surface area contributed by atoms with Crippen LogP contribution < -0.4 is 19.1 Å². The van der Waals surface area contributed by atoms with Gasteiger partial charge in [-0.25, -0.2) is 0 Å². The van der Waals surface area contributed by atoms with E-state index in [-0.39, 0.29) is 5.91 Å². The van der Waals surface area contributed by atoms with Gasteiger partial charge in [-0.2, -0.15) is 0 Å². The number of carbonyl (C=O) groups excluding carboxylic acids is 1. The van der Waals surface area contributed by atoms with Gasteiger partial charge in [-0.1, -0.05) is 30.3 Å². The Labute approximate surface area is 163 Å². The number of benzene rings is 2. The first-order valence-electron chi connectivity index (χ1n) is 8.82. The van der Waals surface area contributed by atoms with Crippen molar-refractivity contribution in [3.63, 3.8) is 0 Å². The molecular weight excluding hydrogens is 358 g/mol. The van der Waals surface area contributed by atoms with Gasteiger partial charge in [0, 0.05) is 13.1 Å². The Kier molecular flexibility index (Phi) is 4.26. The summed E-state index contributed by atoms with van der Waals surface area (Å²) in [5, 5.41) is 0. The minimum Gasteiger partial charge on any atom is -0.493 e. The third kappa shape index (κ3) is 2.45. The number of carbonyl (C=O) groups is 1. The molecule has 2 heterocycles. The summed E-state index contributed by atoms with van der Waals surface area (Å²) in [6, 6.07) is 11.6. The van der Waals surface area contributed by atoms with Gasteiger partial charge in [-0.3, -0.25) is 4.79 Å². The van der Waals surface area contributed by atoms with E-state index in [1.165, 1.54) is 14.2 Å². The molecule has 144 valence electrons. The van der Waals surface area contributed by atoms with Gasteiger partial charge in [0.05, 0.1) is 32.6 Å². The van der Waals surface area contributed by atoms with Crippen molar-refractivity contribution >= 4 is 17.7 Å². The van der Waals surface area contributed by atoms with Crippen LogP contribution in [0.1, 0.15) is 11.1 Å². The zero-order valence-corrected chi connectivity index (χ0v) is 16.2. The average molecular weight is 379 g/mol. The van der Waals surface area contributed by atoms with Crippen molar-refractivity contribution in [1.82, 2.24) is 0 Å². The monoisotopic (exact) mass is 379 g/mol. The molecule has 28 heavy (non-hydrogen) atoms. The van der Waals surface area contributed by atoms with Crippen LogP contribution in [0.2, 0.25) is 0 Å². The lowest BCUT2D eigenvalue weighted by molar-refractivity contribution is -0.131. The minimum absolute atomic E-state index is 0.205. The molecule has 2 aliphatic heterocycles. The highest BCUT2D eigenvalue weighted by atomic mass is 16.5. The number of methoxy groups -OCH3 is 3. The summed E-state index contributed by atoms with van der Waals surface area (Å²) in [6.07, 6.45) is 5.47. The maximum atomic E-state index is 13.2. The molecule has 0 radical (unpaired) electrons. The lowest BCUT2D eigenvalue weighted by atomic mass is 9.94. The van der Waals surface area contributed by atoms with Crippen LogP contribution in [0.4, 0.5) is 5.69 Å². The Bertz CT molecular complexity index is 996. The van der Waals surface area contributed by atoms with Crippen LogP contribution in [0.15, 0.2) is 54.3 Å². The van der Waals surface area contributed by atoms with Gasteiger partial charge in [0.25, 0.3) is 5.91 Å². The summed E-state index contributed by atoms with van der Waals surface area (Å²) in [7, 11) is 6.32. The molecule has 2 aromatic rings. The number of amides is 1. The van der Waals surface area contributed by atoms with Gasteiger partial charge in [-0.05, 0) is 23.8 Å². The standard InChI is InChI=1S/C22H21NO5/c1-23-16-13-17(25-2)19(26-3)20(27-4)18(16)22(21(23)24)11-10-15(28-22)12-14-8-6-5-7-9-14/h5-13H,1-4H3/b15-12+. The fraction of sp³-hybridized carbons (Fsp3) is 0.227. The highest BCUT2D eigenvalue weighted by molar-refractivity contribution is 6.10. The highest BCUT2D eigenvalue weighted by Gasteiger charge is 2.56. The summed E-state index contributed by atoms with van der Waals surface area (Å²) in [5.74, 6) is 1.71. The van der Waals surface area contributed by atoms with Crippen molar-refractivity contribution in [2.24, 2.45) is 0 Å². The fourth-order valence-corrected chi connectivity index (χ4v) is 3.73. The van der Waals surface area contributed by atoms with Crippen molar-refractivity contribution in [2.75, 3.05) is 33.3 Å². The van der Waals surface area contributed by atoms with E-state index in [9.17, 15) is 4.79 Å². The minimum atomic E-state index is -1.30. The van der Waals surface area contributed by atoms with Crippen LogP contribution in [0.25, 0.3) is 6.08 Å². The summed E-state index contributed by atoms with van der Waals surface area (Å²) < 4.78 is 22.8. The zero-order chi connectivity index (χ0) is 19.9. The van der Waals surface area contributed by atoms with Crippen LogP contribution in [0.3, 0.4) is 0 Å². The van der Waals surface area contributed by atoms with E-state index >= 15 is 0 Å². The molecule has 6 heteroatoms. The molecule has 1 atom stereocenters. The van der Waals surface area contributed by atoms with Crippen molar-refractivity contribution in [2.45, 2.75) is 5.60 Å². The molecule has 6 nitrogen and oxygen atoms in total. The molecule has 0 aromatic heterocycles. The van der Waals surface area contributed by atoms with Crippen LogP contribution in [-0.4, -0.2) is 34.3 Å². The number of hydrogen-bond donors (Lipinski definition) is 0. The predicted molar refractivity (Wildman–Crippen MR) is 106 cm³/mol. The average Bonchev–Trinajstić information content (AvgIpc) is 3.23. The molecule has 2 aliphatic rings. The van der Waals surface area contributed by atoms with Crippen molar-refractivity contribution in [3.05, 3.63) is 65.4 Å². The smallest absolute Gasteiger partial charge is 0.280 e. The van der Waals surface area contributed by atoms with Crippen LogP contribution in [0, 0.1) is 0 Å². The number of hydrogen-bond acceptors (Lipinski definition) is 5. The largest absolute Gasteiger partial charge is 0.493 e. The maximum Gasteiger partial charge on any atom is 0.280 e. The molecule has 0 aliphatic carbocycles. The molecule has 2 aromatic carbocycles. The maximum absolute atomic E-state index is 13.2. The summed E-state index contributed by atoms with van der Waals surface area (Å²) >= 11 is 0. The van der Waals surface area contributed by atoms with E-state index < -0.39 is 5.60 Å². The van der Waals surface area contributed by atoms with Gasteiger partial charge in [-0.15, -0.1) is 0 Å². The second kappa shape index (κ2) is 6.64. The molecule has 4 rings (SSSR count). The quantitative estimate of drug-likeness (QED) is 0.814. The lowest BCUT2D eigenvalue weighted by Crippen LogP contribution is -2.37.